The van der Waals surface area contributed by atoms with Crippen molar-refractivity contribution in [1.82, 2.24) is 0 Å². The minimum atomic E-state index is -0.659. The lowest BCUT2D eigenvalue weighted by Crippen LogP contribution is -2.14. The molecule has 78 valence electrons. The van der Waals surface area contributed by atoms with Crippen LogP contribution in [0.25, 0.3) is 0 Å². The Hall–Kier alpha value is -0.860. The average molecular weight is 194 g/mol. The molecule has 0 bridgehead atoms. The Morgan fingerprint density at radius 2 is 1.86 bits per heavy atom. The van der Waals surface area contributed by atoms with Crippen molar-refractivity contribution in [2.45, 2.75) is 26.6 Å². The SMILES string of the molecule is CC(COC(C)O)Cc1ccccc1. The molecule has 0 saturated heterocycles. The lowest BCUT2D eigenvalue weighted by molar-refractivity contribution is -0.0946. The number of hydrogen-bond acceptors (Lipinski definition) is 2. The molecule has 1 N–H and O–H groups in total. The standard InChI is InChI=1S/C12H18O2/c1-10(9-14-11(2)13)8-12-6-4-3-5-7-12/h3-7,10-11,13H,8-9H2,1-2H3. The summed E-state index contributed by atoms with van der Waals surface area (Å²) in [7, 11) is 0. The van der Waals surface area contributed by atoms with Crippen molar-refractivity contribution in [2.75, 3.05) is 6.61 Å². The maximum Gasteiger partial charge on any atom is 0.151 e. The Morgan fingerprint density at radius 3 is 2.43 bits per heavy atom. The van der Waals surface area contributed by atoms with E-state index in [0.29, 0.717) is 12.5 Å². The van der Waals surface area contributed by atoms with Crippen molar-refractivity contribution in [1.29, 1.82) is 0 Å². The second kappa shape index (κ2) is 5.78. The summed E-state index contributed by atoms with van der Waals surface area (Å²) >= 11 is 0. The molecule has 2 heteroatoms. The minimum absolute atomic E-state index is 0.437. The molecule has 0 aliphatic carbocycles. The third kappa shape index (κ3) is 4.40. The topological polar surface area (TPSA) is 29.5 Å². The van der Waals surface area contributed by atoms with Gasteiger partial charge in [-0.3, -0.25) is 0 Å². The fourth-order valence-corrected chi connectivity index (χ4v) is 1.38. The second-order valence-electron chi connectivity index (χ2n) is 3.73. The highest BCUT2D eigenvalue weighted by atomic mass is 16.6. The first-order valence-electron chi connectivity index (χ1n) is 5.02. The number of aliphatic hydroxyl groups is 1. The van der Waals surface area contributed by atoms with Crippen molar-refractivity contribution in [3.05, 3.63) is 35.9 Å². The number of ether oxygens (including phenoxy) is 1. The van der Waals surface area contributed by atoms with Gasteiger partial charge in [-0.2, -0.15) is 0 Å². The van der Waals surface area contributed by atoms with E-state index >= 15 is 0 Å². The van der Waals surface area contributed by atoms with Gasteiger partial charge < -0.3 is 9.84 Å². The summed E-state index contributed by atoms with van der Waals surface area (Å²) in [4.78, 5) is 0. The van der Waals surface area contributed by atoms with Crippen LogP contribution < -0.4 is 0 Å². The van der Waals surface area contributed by atoms with Gasteiger partial charge >= 0.3 is 0 Å². The Balaban J connectivity index is 2.30. The maximum absolute atomic E-state index is 8.95. The van der Waals surface area contributed by atoms with Crippen LogP contribution in [-0.2, 0) is 11.2 Å². The van der Waals surface area contributed by atoms with Gasteiger partial charge in [-0.25, -0.2) is 0 Å². The maximum atomic E-state index is 8.95. The van der Waals surface area contributed by atoms with Gasteiger partial charge in [0.2, 0.25) is 0 Å². The molecule has 0 heterocycles. The van der Waals surface area contributed by atoms with Gasteiger partial charge in [-0.1, -0.05) is 37.3 Å². The highest BCUT2D eigenvalue weighted by Crippen LogP contribution is 2.08. The van der Waals surface area contributed by atoms with Crippen molar-refractivity contribution < 1.29 is 9.84 Å². The molecule has 0 radical (unpaired) electrons. The Bertz CT molecular complexity index is 244. The summed E-state index contributed by atoms with van der Waals surface area (Å²) in [5.41, 5.74) is 1.31. The first-order chi connectivity index (χ1) is 6.68. The zero-order valence-electron chi connectivity index (χ0n) is 8.81. The van der Waals surface area contributed by atoms with E-state index in [1.807, 2.05) is 18.2 Å². The fraction of sp³-hybridized carbons (Fsp3) is 0.500. The third-order valence-electron chi connectivity index (χ3n) is 2.05. The summed E-state index contributed by atoms with van der Waals surface area (Å²) in [5.74, 6) is 0.437. The van der Waals surface area contributed by atoms with Gasteiger partial charge in [0.1, 0.15) is 0 Å². The highest BCUT2D eigenvalue weighted by Gasteiger charge is 2.05. The van der Waals surface area contributed by atoms with Crippen molar-refractivity contribution in [3.63, 3.8) is 0 Å². The van der Waals surface area contributed by atoms with E-state index in [1.54, 1.807) is 6.92 Å². The van der Waals surface area contributed by atoms with Crippen LogP contribution in [0, 0.1) is 5.92 Å². The molecule has 1 aromatic carbocycles. The van der Waals surface area contributed by atoms with Gasteiger partial charge in [0, 0.05) is 0 Å². The number of rotatable bonds is 5. The van der Waals surface area contributed by atoms with Crippen LogP contribution in [0.15, 0.2) is 30.3 Å². The second-order valence-corrected chi connectivity index (χ2v) is 3.73. The lowest BCUT2D eigenvalue weighted by Gasteiger charge is -2.13. The molecule has 1 rings (SSSR count). The molecule has 0 spiro atoms. The number of benzene rings is 1. The molecule has 0 aromatic heterocycles. The minimum Gasteiger partial charge on any atom is -0.368 e. The summed E-state index contributed by atoms with van der Waals surface area (Å²) in [5, 5.41) is 8.95. The molecule has 0 aliphatic rings. The monoisotopic (exact) mass is 194 g/mol. The van der Waals surface area contributed by atoms with Gasteiger partial charge in [-0.05, 0) is 24.8 Å². The molecule has 0 saturated carbocycles. The number of aliphatic hydroxyl groups excluding tert-OH is 1. The fourth-order valence-electron chi connectivity index (χ4n) is 1.38. The van der Waals surface area contributed by atoms with E-state index in [0.717, 1.165) is 6.42 Å². The quantitative estimate of drug-likeness (QED) is 0.728. The van der Waals surface area contributed by atoms with E-state index in [-0.39, 0.29) is 0 Å². The summed E-state index contributed by atoms with van der Waals surface area (Å²) in [6, 6.07) is 10.3. The van der Waals surface area contributed by atoms with Gasteiger partial charge in [0.05, 0.1) is 6.61 Å². The summed E-state index contributed by atoms with van der Waals surface area (Å²) in [6.45, 7) is 4.36. The van der Waals surface area contributed by atoms with Crippen molar-refractivity contribution >= 4 is 0 Å². The smallest absolute Gasteiger partial charge is 0.151 e. The van der Waals surface area contributed by atoms with E-state index in [1.165, 1.54) is 5.56 Å². The van der Waals surface area contributed by atoms with E-state index in [2.05, 4.69) is 19.1 Å². The van der Waals surface area contributed by atoms with E-state index < -0.39 is 6.29 Å². The normalized spacial score (nSPS) is 15.1. The predicted molar refractivity (Wildman–Crippen MR) is 56.9 cm³/mol. The molecule has 1 aromatic rings. The van der Waals surface area contributed by atoms with Crippen LogP contribution in [0.1, 0.15) is 19.4 Å². The van der Waals surface area contributed by atoms with Crippen LogP contribution in [0.2, 0.25) is 0 Å². The molecular weight excluding hydrogens is 176 g/mol. The molecule has 2 atom stereocenters. The summed E-state index contributed by atoms with van der Waals surface area (Å²) in [6.07, 6.45) is 0.335. The van der Waals surface area contributed by atoms with Crippen LogP contribution >= 0.6 is 0 Å². The van der Waals surface area contributed by atoms with Crippen LogP contribution in [-0.4, -0.2) is 18.0 Å². The Labute approximate surface area is 85.5 Å². The van der Waals surface area contributed by atoms with E-state index in [4.69, 9.17) is 9.84 Å². The molecule has 2 unspecified atom stereocenters. The predicted octanol–water partition coefficient (Wildman–Crippen LogP) is 2.22. The lowest BCUT2D eigenvalue weighted by atomic mass is 10.0. The molecular formula is C12H18O2. The highest BCUT2D eigenvalue weighted by molar-refractivity contribution is 5.14. The molecule has 14 heavy (non-hydrogen) atoms. The van der Waals surface area contributed by atoms with Gasteiger partial charge in [0.15, 0.2) is 6.29 Å². The Kier molecular flexibility index (Phi) is 4.63. The van der Waals surface area contributed by atoms with Crippen LogP contribution in [0.3, 0.4) is 0 Å². The third-order valence-corrected chi connectivity index (χ3v) is 2.05. The van der Waals surface area contributed by atoms with Crippen molar-refractivity contribution in [3.8, 4) is 0 Å². The molecule has 0 fully saturated rings. The Morgan fingerprint density at radius 1 is 1.21 bits per heavy atom. The first-order valence-corrected chi connectivity index (χ1v) is 5.02. The van der Waals surface area contributed by atoms with Crippen LogP contribution in [0.5, 0.6) is 0 Å². The van der Waals surface area contributed by atoms with E-state index in [9.17, 15) is 0 Å². The first kappa shape index (κ1) is 11.2. The molecule has 0 amide bonds. The van der Waals surface area contributed by atoms with Gasteiger partial charge in [0.25, 0.3) is 0 Å². The number of hydrogen-bond donors (Lipinski definition) is 1. The van der Waals surface area contributed by atoms with Crippen LogP contribution in [0.4, 0.5) is 0 Å². The molecule has 2 nitrogen and oxygen atoms in total. The largest absolute Gasteiger partial charge is 0.368 e. The zero-order valence-corrected chi connectivity index (χ0v) is 8.81. The average Bonchev–Trinajstić information content (AvgIpc) is 2.16. The summed E-state index contributed by atoms with van der Waals surface area (Å²) < 4.78 is 5.13. The van der Waals surface area contributed by atoms with Gasteiger partial charge in [-0.15, -0.1) is 0 Å². The zero-order chi connectivity index (χ0) is 10.4. The van der Waals surface area contributed by atoms with Crippen molar-refractivity contribution in [2.24, 2.45) is 5.92 Å². The molecule has 0 aliphatic heterocycles.